The average molecular weight is 479 g/mol. The second kappa shape index (κ2) is 9.90. The third kappa shape index (κ3) is 4.53. The van der Waals surface area contributed by atoms with Crippen LogP contribution in [0.15, 0.2) is 58.5 Å². The lowest BCUT2D eigenvalue weighted by Crippen LogP contribution is -2.33. The van der Waals surface area contributed by atoms with E-state index < -0.39 is 0 Å². The number of H-pyrrole nitrogens is 1. The number of benzene rings is 2. The van der Waals surface area contributed by atoms with Gasteiger partial charge in [-0.1, -0.05) is 30.0 Å². The van der Waals surface area contributed by atoms with E-state index in [1.165, 1.54) is 11.8 Å². The van der Waals surface area contributed by atoms with Crippen molar-refractivity contribution in [3.63, 3.8) is 0 Å². The minimum Gasteiger partial charge on any atom is -0.494 e. The first-order valence-electron chi connectivity index (χ1n) is 11.4. The van der Waals surface area contributed by atoms with Crippen LogP contribution in [0, 0.1) is 0 Å². The molecule has 1 fully saturated rings. The topological polar surface area (TPSA) is 98.2 Å². The number of nitrogens with zero attached hydrogens (tertiary/aromatic N) is 2. The minimum absolute atomic E-state index is 0.0803. The molecule has 0 spiro atoms. The Morgan fingerprint density at radius 1 is 1.26 bits per heavy atom. The molecule has 1 amide bonds. The van der Waals surface area contributed by atoms with E-state index >= 15 is 0 Å². The van der Waals surface area contributed by atoms with Gasteiger partial charge in [0.25, 0.3) is 5.56 Å². The van der Waals surface area contributed by atoms with Crippen molar-refractivity contribution in [3.8, 4) is 11.4 Å². The molecular formula is C25H26N4O4S. The Bertz CT molecular complexity index is 1370. The second-order valence-corrected chi connectivity index (χ2v) is 9.03. The van der Waals surface area contributed by atoms with Crippen LogP contribution in [0.25, 0.3) is 27.6 Å². The number of hydrogen-bond acceptors (Lipinski definition) is 6. The van der Waals surface area contributed by atoms with E-state index in [-0.39, 0.29) is 23.3 Å². The average Bonchev–Trinajstić information content (AvgIpc) is 3.51. The van der Waals surface area contributed by atoms with Gasteiger partial charge in [0.15, 0.2) is 5.16 Å². The summed E-state index contributed by atoms with van der Waals surface area (Å²) in [6, 6.07) is 15.0. The number of ether oxygens (including phenoxy) is 2. The largest absolute Gasteiger partial charge is 0.494 e. The van der Waals surface area contributed by atoms with Crippen molar-refractivity contribution in [3.05, 3.63) is 58.9 Å². The lowest BCUT2D eigenvalue weighted by Gasteiger charge is -2.14. The number of amides is 1. The summed E-state index contributed by atoms with van der Waals surface area (Å²) < 4.78 is 12.7. The first-order valence-corrected chi connectivity index (χ1v) is 12.4. The summed E-state index contributed by atoms with van der Waals surface area (Å²) >= 11 is 1.24. The van der Waals surface area contributed by atoms with Crippen LogP contribution in [0.5, 0.6) is 5.75 Å². The van der Waals surface area contributed by atoms with Crippen molar-refractivity contribution in [2.75, 3.05) is 25.5 Å². The molecule has 176 valence electrons. The van der Waals surface area contributed by atoms with Crippen LogP contribution in [0.3, 0.4) is 0 Å². The van der Waals surface area contributed by atoms with Crippen molar-refractivity contribution in [2.45, 2.75) is 31.0 Å². The number of fused-ring (bicyclic) bond motifs is 3. The van der Waals surface area contributed by atoms with Gasteiger partial charge in [-0.05, 0) is 50.1 Å². The standard InChI is InChI=1S/C25H26N4O4S/c1-2-32-17-11-9-16(10-12-17)29-24(31)23-22(19-7-3-4-8-20(19)27-23)28-25(29)34-15-21(30)26-14-18-6-5-13-33-18/h3-4,7-12,18,27H,2,5-6,13-15H2,1H3,(H,26,30)/t18-/m1/s1. The molecule has 1 aliphatic heterocycles. The van der Waals surface area contributed by atoms with Crippen LogP contribution in [0.2, 0.25) is 0 Å². The van der Waals surface area contributed by atoms with Gasteiger partial charge in [-0.3, -0.25) is 14.2 Å². The number of carbonyl (C=O) groups is 1. The summed E-state index contributed by atoms with van der Waals surface area (Å²) in [4.78, 5) is 34.2. The molecule has 8 nitrogen and oxygen atoms in total. The van der Waals surface area contributed by atoms with E-state index in [9.17, 15) is 9.59 Å². The predicted octanol–water partition coefficient (Wildman–Crippen LogP) is 3.65. The fourth-order valence-corrected chi connectivity index (χ4v) is 4.97. The molecule has 0 aliphatic carbocycles. The van der Waals surface area contributed by atoms with Gasteiger partial charge in [0, 0.05) is 24.1 Å². The zero-order chi connectivity index (χ0) is 23.5. The minimum atomic E-state index is -0.215. The Kier molecular flexibility index (Phi) is 6.55. The van der Waals surface area contributed by atoms with Crippen LogP contribution in [0.1, 0.15) is 19.8 Å². The lowest BCUT2D eigenvalue weighted by molar-refractivity contribution is -0.119. The molecule has 4 aromatic rings. The molecule has 0 saturated carbocycles. The van der Waals surface area contributed by atoms with Crippen molar-refractivity contribution in [1.29, 1.82) is 0 Å². The van der Waals surface area contributed by atoms with Gasteiger partial charge < -0.3 is 19.8 Å². The Morgan fingerprint density at radius 2 is 2.09 bits per heavy atom. The van der Waals surface area contributed by atoms with Gasteiger partial charge >= 0.3 is 0 Å². The van der Waals surface area contributed by atoms with Gasteiger partial charge in [-0.15, -0.1) is 0 Å². The molecule has 0 bridgehead atoms. The van der Waals surface area contributed by atoms with E-state index in [1.54, 1.807) is 4.57 Å². The fourth-order valence-electron chi connectivity index (χ4n) is 4.14. The van der Waals surface area contributed by atoms with Crippen LogP contribution in [-0.4, -0.2) is 52.1 Å². The molecule has 34 heavy (non-hydrogen) atoms. The fraction of sp³-hybridized carbons (Fsp3) is 0.320. The normalized spacial score (nSPS) is 15.7. The van der Waals surface area contributed by atoms with E-state index in [0.29, 0.717) is 35.0 Å². The highest BCUT2D eigenvalue weighted by molar-refractivity contribution is 7.99. The molecule has 0 unspecified atom stereocenters. The molecule has 2 aromatic heterocycles. The number of rotatable bonds is 8. The summed E-state index contributed by atoms with van der Waals surface area (Å²) in [6.45, 7) is 3.73. The number of para-hydroxylation sites is 1. The Morgan fingerprint density at radius 3 is 2.85 bits per heavy atom. The lowest BCUT2D eigenvalue weighted by atomic mass is 10.2. The maximum atomic E-state index is 13.6. The summed E-state index contributed by atoms with van der Waals surface area (Å²) in [5.74, 6) is 0.748. The zero-order valence-electron chi connectivity index (χ0n) is 18.9. The zero-order valence-corrected chi connectivity index (χ0v) is 19.7. The van der Waals surface area contributed by atoms with Crippen LogP contribution < -0.4 is 15.6 Å². The summed E-state index contributed by atoms with van der Waals surface area (Å²) in [5.41, 5.74) is 2.32. The van der Waals surface area contributed by atoms with E-state index in [2.05, 4.69) is 10.3 Å². The molecule has 1 aliphatic rings. The number of aromatic nitrogens is 3. The van der Waals surface area contributed by atoms with Crippen molar-refractivity contribution in [2.24, 2.45) is 0 Å². The molecule has 2 aromatic carbocycles. The Labute approximate surface area is 200 Å². The monoisotopic (exact) mass is 478 g/mol. The van der Waals surface area contributed by atoms with Crippen LogP contribution >= 0.6 is 11.8 Å². The van der Waals surface area contributed by atoms with E-state index in [4.69, 9.17) is 14.5 Å². The van der Waals surface area contributed by atoms with Gasteiger partial charge in [0.2, 0.25) is 5.91 Å². The Hall–Kier alpha value is -3.30. The molecule has 5 rings (SSSR count). The Balaban J connectivity index is 1.49. The van der Waals surface area contributed by atoms with Gasteiger partial charge in [-0.2, -0.15) is 0 Å². The van der Waals surface area contributed by atoms with Crippen molar-refractivity contribution < 1.29 is 14.3 Å². The summed E-state index contributed by atoms with van der Waals surface area (Å²) in [6.07, 6.45) is 2.07. The maximum Gasteiger partial charge on any atom is 0.283 e. The van der Waals surface area contributed by atoms with E-state index in [0.717, 1.165) is 36.1 Å². The molecule has 1 atom stereocenters. The number of hydrogen-bond donors (Lipinski definition) is 2. The highest BCUT2D eigenvalue weighted by Crippen LogP contribution is 2.27. The molecule has 2 N–H and O–H groups in total. The van der Waals surface area contributed by atoms with Crippen molar-refractivity contribution in [1.82, 2.24) is 19.9 Å². The van der Waals surface area contributed by atoms with Crippen LogP contribution in [0.4, 0.5) is 0 Å². The van der Waals surface area contributed by atoms with E-state index in [1.807, 2.05) is 55.5 Å². The first kappa shape index (κ1) is 22.5. The number of thioether (sulfide) groups is 1. The van der Waals surface area contributed by atoms with Gasteiger partial charge in [-0.25, -0.2) is 4.98 Å². The summed E-state index contributed by atoms with van der Waals surface area (Å²) in [5, 5.41) is 4.26. The predicted molar refractivity (Wildman–Crippen MR) is 133 cm³/mol. The number of nitrogens with one attached hydrogen (secondary N) is 2. The highest BCUT2D eigenvalue weighted by Gasteiger charge is 2.19. The van der Waals surface area contributed by atoms with Gasteiger partial charge in [0.05, 0.1) is 24.2 Å². The molecule has 0 radical (unpaired) electrons. The molecule has 9 heteroatoms. The number of aromatic amines is 1. The quantitative estimate of drug-likeness (QED) is 0.296. The molecule has 1 saturated heterocycles. The molecule has 3 heterocycles. The smallest absolute Gasteiger partial charge is 0.283 e. The third-order valence-corrected chi connectivity index (χ3v) is 6.72. The van der Waals surface area contributed by atoms with Gasteiger partial charge in [0.1, 0.15) is 16.8 Å². The van der Waals surface area contributed by atoms with Crippen molar-refractivity contribution >= 4 is 39.6 Å². The number of carbonyl (C=O) groups excluding carboxylic acids is 1. The second-order valence-electron chi connectivity index (χ2n) is 8.08. The first-order chi connectivity index (χ1) is 16.6. The molecular weight excluding hydrogens is 452 g/mol. The SMILES string of the molecule is CCOc1ccc(-n2c(SCC(=O)NC[C@H]3CCCO3)nc3c([nH]c4ccccc43)c2=O)cc1. The highest BCUT2D eigenvalue weighted by atomic mass is 32.2. The third-order valence-electron chi connectivity index (χ3n) is 5.78. The maximum absolute atomic E-state index is 13.6. The van der Waals surface area contributed by atoms with Crippen LogP contribution in [-0.2, 0) is 9.53 Å². The summed E-state index contributed by atoms with van der Waals surface area (Å²) in [7, 11) is 0.